The van der Waals surface area contributed by atoms with E-state index in [4.69, 9.17) is 5.73 Å². The number of nitrogens with two attached hydrogens (primary N) is 1. The van der Waals surface area contributed by atoms with Crippen LogP contribution in [0, 0.1) is 0 Å². The minimum absolute atomic E-state index is 0.136. The first-order valence-corrected chi connectivity index (χ1v) is 4.25. The highest BCUT2D eigenvalue weighted by Crippen LogP contribution is 1.70. The van der Waals surface area contributed by atoms with Gasteiger partial charge in [-0.3, -0.25) is 4.79 Å². The average Bonchev–Trinajstić information content (AvgIpc) is 2.03. The van der Waals surface area contributed by atoms with Crippen LogP contribution in [0.15, 0.2) is 12.7 Å². The van der Waals surface area contributed by atoms with Gasteiger partial charge in [0.2, 0.25) is 5.91 Å². The number of nitrogens with zero attached hydrogens (tertiary/aromatic N) is 1. The van der Waals surface area contributed by atoms with E-state index in [1.54, 1.807) is 0 Å². The van der Waals surface area contributed by atoms with Gasteiger partial charge < -0.3 is 16.0 Å². The van der Waals surface area contributed by atoms with Crippen molar-refractivity contribution in [1.82, 2.24) is 10.2 Å². The summed E-state index contributed by atoms with van der Waals surface area (Å²) in [5.74, 6) is -0.136. The van der Waals surface area contributed by atoms with E-state index in [1.807, 2.05) is 26.0 Å². The second kappa shape index (κ2) is 11.1. The molecule has 0 radical (unpaired) electrons. The summed E-state index contributed by atoms with van der Waals surface area (Å²) >= 11 is 0. The molecule has 0 bridgehead atoms. The monoisotopic (exact) mass is 187 g/mol. The Kier molecular flexibility index (Phi) is 12.5. The molecule has 78 valence electrons. The first kappa shape index (κ1) is 14.6. The Morgan fingerprint density at radius 1 is 1.54 bits per heavy atom. The Morgan fingerprint density at radius 2 is 2.00 bits per heavy atom. The maximum Gasteiger partial charge on any atom is 0.243 e. The Balaban J connectivity index is 0. The highest BCUT2D eigenvalue weighted by molar-refractivity contribution is 5.86. The van der Waals surface area contributed by atoms with Crippen molar-refractivity contribution < 1.29 is 4.79 Å². The zero-order valence-electron chi connectivity index (χ0n) is 8.84. The molecule has 0 saturated carbocycles. The Morgan fingerprint density at radius 3 is 2.31 bits per heavy atom. The minimum atomic E-state index is -0.136. The fourth-order valence-corrected chi connectivity index (χ4v) is 0.386. The van der Waals surface area contributed by atoms with Crippen molar-refractivity contribution in [2.24, 2.45) is 5.73 Å². The van der Waals surface area contributed by atoms with Gasteiger partial charge >= 0.3 is 0 Å². The van der Waals surface area contributed by atoms with Crippen LogP contribution in [0.25, 0.3) is 0 Å². The van der Waals surface area contributed by atoms with Crippen molar-refractivity contribution in [3.8, 4) is 0 Å². The van der Waals surface area contributed by atoms with Crippen molar-refractivity contribution in [2.75, 3.05) is 34.2 Å². The van der Waals surface area contributed by atoms with Crippen molar-refractivity contribution in [3.63, 3.8) is 0 Å². The molecule has 0 aliphatic carbocycles. The predicted octanol–water partition coefficient (Wildman–Crippen LogP) is -0.185. The van der Waals surface area contributed by atoms with Crippen LogP contribution in [0.1, 0.15) is 6.42 Å². The van der Waals surface area contributed by atoms with Gasteiger partial charge in [-0.05, 0) is 40.2 Å². The number of carbonyl (C=O) groups is 1. The molecule has 1 amide bonds. The average molecular weight is 187 g/mol. The third kappa shape index (κ3) is 24.7. The summed E-state index contributed by atoms with van der Waals surface area (Å²) in [6, 6.07) is 0. The molecule has 0 aromatic rings. The van der Waals surface area contributed by atoms with Gasteiger partial charge in [0.25, 0.3) is 0 Å². The summed E-state index contributed by atoms with van der Waals surface area (Å²) in [7, 11) is 6.00. The van der Waals surface area contributed by atoms with Gasteiger partial charge in [0, 0.05) is 6.54 Å². The molecule has 4 heteroatoms. The Hall–Kier alpha value is -0.870. The third-order valence-corrected chi connectivity index (χ3v) is 0.866. The molecular formula is C9H21N3O. The van der Waals surface area contributed by atoms with Crippen molar-refractivity contribution in [3.05, 3.63) is 12.7 Å². The number of nitrogens with one attached hydrogen (secondary N) is 1. The summed E-state index contributed by atoms with van der Waals surface area (Å²) in [4.78, 5) is 12.4. The number of hydrogen-bond acceptors (Lipinski definition) is 3. The maximum absolute atomic E-state index is 10.4. The van der Waals surface area contributed by atoms with E-state index >= 15 is 0 Å². The van der Waals surface area contributed by atoms with E-state index in [2.05, 4.69) is 11.9 Å². The molecule has 0 aliphatic heterocycles. The lowest BCUT2D eigenvalue weighted by molar-refractivity contribution is -0.116. The minimum Gasteiger partial charge on any atom is -0.353 e. The lowest BCUT2D eigenvalue weighted by atomic mass is 10.4. The smallest absolute Gasteiger partial charge is 0.243 e. The van der Waals surface area contributed by atoms with E-state index in [9.17, 15) is 4.79 Å². The van der Waals surface area contributed by atoms with Gasteiger partial charge in [-0.1, -0.05) is 6.58 Å². The van der Waals surface area contributed by atoms with Crippen LogP contribution in [0.3, 0.4) is 0 Å². The predicted molar refractivity (Wildman–Crippen MR) is 56.5 cm³/mol. The van der Waals surface area contributed by atoms with E-state index in [0.29, 0.717) is 13.1 Å². The van der Waals surface area contributed by atoms with Crippen molar-refractivity contribution in [1.29, 1.82) is 0 Å². The molecule has 0 aromatic carbocycles. The number of amides is 1. The molecule has 4 nitrogen and oxygen atoms in total. The first-order valence-electron chi connectivity index (χ1n) is 4.25. The summed E-state index contributed by atoms with van der Waals surface area (Å²) in [5, 5.41) is 2.60. The van der Waals surface area contributed by atoms with Gasteiger partial charge in [-0.15, -0.1) is 0 Å². The zero-order chi connectivity index (χ0) is 10.7. The summed E-state index contributed by atoms with van der Waals surface area (Å²) in [6.45, 7) is 4.54. The van der Waals surface area contributed by atoms with Gasteiger partial charge in [0.15, 0.2) is 0 Å². The van der Waals surface area contributed by atoms with Crippen LogP contribution in [0.2, 0.25) is 0 Å². The highest BCUT2D eigenvalue weighted by atomic mass is 16.1. The van der Waals surface area contributed by atoms with E-state index in [-0.39, 0.29) is 5.91 Å². The molecule has 0 fully saturated rings. The molecule has 13 heavy (non-hydrogen) atoms. The molecule has 0 heterocycles. The van der Waals surface area contributed by atoms with E-state index < -0.39 is 0 Å². The third-order valence-electron chi connectivity index (χ3n) is 0.866. The van der Waals surface area contributed by atoms with Crippen LogP contribution >= 0.6 is 0 Å². The Labute approximate surface area is 80.8 Å². The summed E-state index contributed by atoms with van der Waals surface area (Å²) in [6.07, 6.45) is 2.07. The second-order valence-corrected chi connectivity index (χ2v) is 2.98. The number of carbonyl (C=O) groups excluding carboxylic acids is 1. The van der Waals surface area contributed by atoms with Crippen molar-refractivity contribution in [2.45, 2.75) is 6.42 Å². The van der Waals surface area contributed by atoms with Crippen LogP contribution in [-0.2, 0) is 4.79 Å². The number of rotatable bonds is 4. The fraction of sp³-hybridized carbons (Fsp3) is 0.667. The fourth-order valence-electron chi connectivity index (χ4n) is 0.386. The van der Waals surface area contributed by atoms with Crippen LogP contribution in [-0.4, -0.2) is 45.0 Å². The van der Waals surface area contributed by atoms with E-state index in [0.717, 1.165) is 6.42 Å². The molecule has 0 rings (SSSR count). The van der Waals surface area contributed by atoms with Crippen LogP contribution in [0.5, 0.6) is 0 Å². The lowest BCUT2D eigenvalue weighted by Crippen LogP contribution is -2.23. The quantitative estimate of drug-likeness (QED) is 0.474. The van der Waals surface area contributed by atoms with Crippen molar-refractivity contribution >= 4 is 5.91 Å². The molecule has 3 N–H and O–H groups in total. The van der Waals surface area contributed by atoms with E-state index in [1.165, 1.54) is 6.08 Å². The highest BCUT2D eigenvalue weighted by Gasteiger charge is 1.88. The van der Waals surface area contributed by atoms with Crippen LogP contribution < -0.4 is 11.1 Å². The van der Waals surface area contributed by atoms with Gasteiger partial charge in [0.1, 0.15) is 0 Å². The standard InChI is InChI=1S/C6H12N2O.C3H9N/c1-2-6(9)8-5-3-4-7;1-4(2)3/h2H,1,3-5,7H2,(H,8,9);1-3H3. The molecule has 0 unspecified atom stereocenters. The van der Waals surface area contributed by atoms with Crippen LogP contribution in [0.4, 0.5) is 0 Å². The molecule has 0 saturated heterocycles. The molecule has 0 atom stereocenters. The SMILES string of the molecule is C=CC(=O)NCCCN.CN(C)C. The molecular weight excluding hydrogens is 166 g/mol. The second-order valence-electron chi connectivity index (χ2n) is 2.98. The largest absolute Gasteiger partial charge is 0.353 e. The normalized spacial score (nSPS) is 8.69. The number of hydrogen-bond donors (Lipinski definition) is 2. The first-order chi connectivity index (χ1) is 6.04. The summed E-state index contributed by atoms with van der Waals surface area (Å²) < 4.78 is 0. The summed E-state index contributed by atoms with van der Waals surface area (Å²) in [5.41, 5.74) is 5.18. The topological polar surface area (TPSA) is 58.4 Å². The van der Waals surface area contributed by atoms with Gasteiger partial charge in [0.05, 0.1) is 0 Å². The van der Waals surface area contributed by atoms with Gasteiger partial charge in [-0.2, -0.15) is 0 Å². The molecule has 0 aromatic heterocycles. The maximum atomic E-state index is 10.4. The molecule has 0 aliphatic rings. The zero-order valence-corrected chi connectivity index (χ0v) is 8.84. The molecule has 0 spiro atoms. The van der Waals surface area contributed by atoms with Gasteiger partial charge in [-0.25, -0.2) is 0 Å². The Bertz CT molecular complexity index is 132. The lowest BCUT2D eigenvalue weighted by Gasteiger charge is -1.97.